The Balaban J connectivity index is 3.13. The van der Waals surface area contributed by atoms with Crippen LogP contribution in [0.5, 0.6) is 0 Å². The first-order valence-electron chi connectivity index (χ1n) is 5.19. The topological polar surface area (TPSA) is 85.2 Å². The smallest absolute Gasteiger partial charge is 0.361 e. The van der Waals surface area contributed by atoms with Gasteiger partial charge in [-0.05, 0) is 11.8 Å². The van der Waals surface area contributed by atoms with Crippen LogP contribution < -0.4 is 0 Å². The van der Waals surface area contributed by atoms with Crippen molar-refractivity contribution >= 4 is 11.7 Å². The number of carbonyl (C=O) groups is 1. The lowest BCUT2D eigenvalue weighted by atomic mass is 9.91. The van der Waals surface area contributed by atoms with Crippen LogP contribution in [0.4, 0.5) is 5.69 Å². The summed E-state index contributed by atoms with van der Waals surface area (Å²) in [6.07, 6.45) is 0.616. The van der Waals surface area contributed by atoms with E-state index in [4.69, 9.17) is 0 Å². The molecule has 1 heterocycles. The summed E-state index contributed by atoms with van der Waals surface area (Å²) in [5.41, 5.74) is 0.295. The molecule has 1 aromatic rings. The Kier molecular flexibility index (Phi) is 3.55. The summed E-state index contributed by atoms with van der Waals surface area (Å²) < 4.78 is 4.50. The van der Waals surface area contributed by atoms with Gasteiger partial charge in [0.1, 0.15) is 0 Å². The number of H-pyrrole nitrogens is 1. The largest absolute Gasteiger partial charge is 0.464 e. The number of aromatic amines is 1. The summed E-state index contributed by atoms with van der Waals surface area (Å²) in [4.78, 5) is 24.3. The maximum atomic E-state index is 11.4. The van der Waals surface area contributed by atoms with Crippen LogP contribution in [0.3, 0.4) is 0 Å². The zero-order chi connectivity index (χ0) is 13.2. The molecule has 1 N–H and O–H groups in total. The van der Waals surface area contributed by atoms with Crippen LogP contribution in [0.15, 0.2) is 6.07 Å². The number of hydrogen-bond acceptors (Lipinski definition) is 4. The highest BCUT2D eigenvalue weighted by Gasteiger charge is 2.26. The van der Waals surface area contributed by atoms with Crippen LogP contribution in [0.1, 0.15) is 37.0 Å². The maximum absolute atomic E-state index is 11.4. The molecule has 6 nitrogen and oxygen atoms in total. The SMILES string of the molecule is COC(=O)c1[nH]c(CC(C)(C)C)cc1[N+](=O)[O-]. The quantitative estimate of drug-likeness (QED) is 0.499. The lowest BCUT2D eigenvalue weighted by molar-refractivity contribution is -0.385. The predicted octanol–water partition coefficient (Wildman–Crippen LogP) is 2.30. The van der Waals surface area contributed by atoms with E-state index in [1.165, 1.54) is 13.2 Å². The van der Waals surface area contributed by atoms with Gasteiger partial charge in [0, 0.05) is 11.8 Å². The molecule has 17 heavy (non-hydrogen) atoms. The molecule has 0 aliphatic heterocycles. The maximum Gasteiger partial charge on any atom is 0.361 e. The molecular formula is C11H16N2O4. The zero-order valence-electron chi connectivity index (χ0n) is 10.4. The summed E-state index contributed by atoms with van der Waals surface area (Å²) in [5, 5.41) is 10.8. The van der Waals surface area contributed by atoms with Gasteiger partial charge < -0.3 is 9.72 Å². The predicted molar refractivity (Wildman–Crippen MR) is 61.9 cm³/mol. The third kappa shape index (κ3) is 3.30. The van der Waals surface area contributed by atoms with Crippen LogP contribution in [0.25, 0.3) is 0 Å². The minimum atomic E-state index is -0.725. The molecule has 0 atom stereocenters. The Morgan fingerprint density at radius 1 is 1.53 bits per heavy atom. The Morgan fingerprint density at radius 2 is 2.12 bits per heavy atom. The van der Waals surface area contributed by atoms with Gasteiger partial charge in [-0.3, -0.25) is 10.1 Å². The highest BCUT2D eigenvalue weighted by Crippen LogP contribution is 2.26. The Hall–Kier alpha value is -1.85. The van der Waals surface area contributed by atoms with E-state index >= 15 is 0 Å². The van der Waals surface area contributed by atoms with Crippen LogP contribution in [0, 0.1) is 15.5 Å². The van der Waals surface area contributed by atoms with Crippen LogP contribution >= 0.6 is 0 Å². The molecule has 0 bridgehead atoms. The molecular weight excluding hydrogens is 224 g/mol. The molecule has 1 aromatic heterocycles. The molecule has 0 spiro atoms. The molecule has 0 radical (unpaired) electrons. The number of nitrogens with one attached hydrogen (secondary N) is 1. The molecule has 0 fully saturated rings. The third-order valence-electron chi connectivity index (χ3n) is 2.16. The fourth-order valence-electron chi connectivity index (χ4n) is 1.57. The summed E-state index contributed by atoms with van der Waals surface area (Å²) in [7, 11) is 1.19. The summed E-state index contributed by atoms with van der Waals surface area (Å²) in [6, 6.07) is 1.39. The number of methoxy groups -OCH3 is 1. The average Bonchev–Trinajstić information content (AvgIpc) is 2.57. The van der Waals surface area contributed by atoms with Crippen molar-refractivity contribution in [2.24, 2.45) is 5.41 Å². The van der Waals surface area contributed by atoms with E-state index in [1.807, 2.05) is 20.8 Å². The van der Waals surface area contributed by atoms with Crippen molar-refractivity contribution in [1.29, 1.82) is 0 Å². The van der Waals surface area contributed by atoms with Gasteiger partial charge in [0.25, 0.3) is 0 Å². The lowest BCUT2D eigenvalue weighted by Gasteiger charge is -2.16. The van der Waals surface area contributed by atoms with Gasteiger partial charge >= 0.3 is 11.7 Å². The molecule has 0 aliphatic carbocycles. The van der Waals surface area contributed by atoms with Crippen molar-refractivity contribution in [1.82, 2.24) is 4.98 Å². The number of nitrogens with zero attached hydrogens (tertiary/aromatic N) is 1. The van der Waals surface area contributed by atoms with E-state index in [2.05, 4.69) is 9.72 Å². The molecule has 0 saturated heterocycles. The second-order valence-electron chi connectivity index (χ2n) is 5.04. The van der Waals surface area contributed by atoms with E-state index in [0.29, 0.717) is 12.1 Å². The average molecular weight is 240 g/mol. The molecule has 6 heteroatoms. The van der Waals surface area contributed by atoms with Crippen LogP contribution in [-0.4, -0.2) is 23.0 Å². The number of rotatable bonds is 3. The van der Waals surface area contributed by atoms with E-state index in [1.54, 1.807) is 0 Å². The first-order chi connectivity index (χ1) is 7.74. The molecule has 0 aromatic carbocycles. The van der Waals surface area contributed by atoms with Gasteiger partial charge in [-0.25, -0.2) is 4.79 Å². The van der Waals surface area contributed by atoms with Gasteiger partial charge in [-0.15, -0.1) is 0 Å². The number of nitro groups is 1. The summed E-state index contributed by atoms with van der Waals surface area (Å²) >= 11 is 0. The third-order valence-corrected chi connectivity index (χ3v) is 2.16. The van der Waals surface area contributed by atoms with Crippen molar-refractivity contribution in [3.05, 3.63) is 27.6 Å². The Labute approximate surface area is 99.1 Å². The second kappa shape index (κ2) is 4.57. The highest BCUT2D eigenvalue weighted by molar-refractivity contribution is 5.92. The van der Waals surface area contributed by atoms with Crippen LogP contribution in [0.2, 0.25) is 0 Å². The van der Waals surface area contributed by atoms with Gasteiger partial charge in [0.15, 0.2) is 0 Å². The van der Waals surface area contributed by atoms with Crippen molar-refractivity contribution in [2.45, 2.75) is 27.2 Å². The Morgan fingerprint density at radius 3 is 2.53 bits per heavy atom. The number of esters is 1. The molecule has 1 rings (SSSR count). The first-order valence-corrected chi connectivity index (χ1v) is 5.19. The number of ether oxygens (including phenoxy) is 1. The summed E-state index contributed by atoms with van der Waals surface area (Å²) in [5.74, 6) is -0.725. The summed E-state index contributed by atoms with van der Waals surface area (Å²) in [6.45, 7) is 6.03. The number of aromatic nitrogens is 1. The second-order valence-corrected chi connectivity index (χ2v) is 5.04. The van der Waals surface area contributed by atoms with Gasteiger partial charge in [-0.2, -0.15) is 0 Å². The molecule has 94 valence electrons. The standard InChI is InChI=1S/C11H16N2O4/c1-11(2,3)6-7-5-8(13(15)16)9(12-7)10(14)17-4/h5,12H,6H2,1-4H3. The minimum absolute atomic E-state index is 0.0217. The molecule has 0 aliphatic rings. The Bertz CT molecular complexity index is 443. The highest BCUT2D eigenvalue weighted by atomic mass is 16.6. The van der Waals surface area contributed by atoms with E-state index in [0.717, 1.165) is 0 Å². The van der Waals surface area contributed by atoms with Crippen molar-refractivity contribution in [2.75, 3.05) is 7.11 Å². The zero-order valence-corrected chi connectivity index (χ0v) is 10.4. The first kappa shape index (κ1) is 13.2. The fourth-order valence-corrected chi connectivity index (χ4v) is 1.57. The number of carbonyl (C=O) groups excluding carboxylic acids is 1. The van der Waals surface area contributed by atoms with Crippen molar-refractivity contribution in [3.8, 4) is 0 Å². The number of hydrogen-bond donors (Lipinski definition) is 1. The van der Waals surface area contributed by atoms with Crippen molar-refractivity contribution in [3.63, 3.8) is 0 Å². The van der Waals surface area contributed by atoms with Crippen LogP contribution in [-0.2, 0) is 11.2 Å². The lowest BCUT2D eigenvalue weighted by Crippen LogP contribution is -2.10. The molecule has 0 amide bonds. The van der Waals surface area contributed by atoms with Gasteiger partial charge in [0.05, 0.1) is 12.0 Å². The molecule has 0 unspecified atom stereocenters. The van der Waals surface area contributed by atoms with E-state index in [-0.39, 0.29) is 16.8 Å². The molecule has 0 saturated carbocycles. The van der Waals surface area contributed by atoms with E-state index < -0.39 is 10.9 Å². The monoisotopic (exact) mass is 240 g/mol. The van der Waals surface area contributed by atoms with Gasteiger partial charge in [0.2, 0.25) is 5.69 Å². The van der Waals surface area contributed by atoms with Gasteiger partial charge in [-0.1, -0.05) is 20.8 Å². The minimum Gasteiger partial charge on any atom is -0.464 e. The van der Waals surface area contributed by atoms with Crippen molar-refractivity contribution < 1.29 is 14.5 Å². The van der Waals surface area contributed by atoms with E-state index in [9.17, 15) is 14.9 Å². The normalized spacial score (nSPS) is 11.3. The fraction of sp³-hybridized carbons (Fsp3) is 0.545.